The molecule has 0 bridgehead atoms. The molecule has 0 aliphatic rings. The van der Waals surface area contributed by atoms with E-state index in [1.165, 1.54) is 0 Å². The van der Waals surface area contributed by atoms with E-state index in [9.17, 15) is 4.79 Å². The predicted molar refractivity (Wildman–Crippen MR) is 100 cm³/mol. The number of amides is 1. The van der Waals surface area contributed by atoms with Gasteiger partial charge in [-0.2, -0.15) is 0 Å². The van der Waals surface area contributed by atoms with E-state index in [1.807, 2.05) is 54.6 Å². The predicted octanol–water partition coefficient (Wildman–Crippen LogP) is 3.62. The van der Waals surface area contributed by atoms with Gasteiger partial charge in [-0.15, -0.1) is 0 Å². The fourth-order valence-electron chi connectivity index (χ4n) is 2.72. The Kier molecular flexibility index (Phi) is 4.35. The van der Waals surface area contributed by atoms with Crippen LogP contribution in [0.25, 0.3) is 22.2 Å². The number of nitrogens with one attached hydrogen (secondary N) is 1. The lowest BCUT2D eigenvalue weighted by atomic mass is 10.1. The molecule has 1 N–H and O–H groups in total. The molecule has 1 aromatic carbocycles. The first-order valence-corrected chi connectivity index (χ1v) is 8.29. The molecule has 3 heterocycles. The van der Waals surface area contributed by atoms with E-state index in [0.717, 1.165) is 27.7 Å². The van der Waals surface area contributed by atoms with Crippen LogP contribution in [0.3, 0.4) is 0 Å². The third kappa shape index (κ3) is 3.42. The third-order valence-corrected chi connectivity index (χ3v) is 4.07. The van der Waals surface area contributed by atoms with Crippen LogP contribution in [0, 0.1) is 0 Å². The Balaban J connectivity index is 1.49. The lowest BCUT2D eigenvalue weighted by Gasteiger charge is -2.07. The van der Waals surface area contributed by atoms with E-state index in [4.69, 9.17) is 0 Å². The average molecular weight is 340 g/mol. The Morgan fingerprint density at radius 1 is 0.962 bits per heavy atom. The highest BCUT2D eigenvalue weighted by Crippen LogP contribution is 2.16. The molecule has 0 aliphatic carbocycles. The van der Waals surface area contributed by atoms with E-state index in [2.05, 4.69) is 20.3 Å². The molecule has 26 heavy (non-hydrogen) atoms. The molecule has 5 heteroatoms. The fraction of sp³-hybridized carbons (Fsp3) is 0.0476. The molecule has 0 fully saturated rings. The first-order chi connectivity index (χ1) is 12.8. The molecule has 0 saturated heterocycles. The SMILES string of the molecule is O=C(NCc1ccnc(-c2cccnc2)c1)c1ccc2ccccc2n1. The van der Waals surface area contributed by atoms with Crippen molar-refractivity contribution in [3.8, 4) is 11.3 Å². The van der Waals surface area contributed by atoms with Gasteiger partial charge in [0.25, 0.3) is 5.91 Å². The molecule has 0 aliphatic heterocycles. The van der Waals surface area contributed by atoms with Gasteiger partial charge in [-0.1, -0.05) is 24.3 Å². The van der Waals surface area contributed by atoms with Gasteiger partial charge in [0.15, 0.2) is 0 Å². The summed E-state index contributed by atoms with van der Waals surface area (Å²) >= 11 is 0. The number of fused-ring (bicyclic) bond motifs is 1. The Labute approximate surface area is 150 Å². The zero-order valence-electron chi connectivity index (χ0n) is 14.0. The number of carbonyl (C=O) groups is 1. The normalized spacial score (nSPS) is 10.6. The number of hydrogen-bond donors (Lipinski definition) is 1. The van der Waals surface area contributed by atoms with E-state index in [1.54, 1.807) is 24.7 Å². The van der Waals surface area contributed by atoms with Gasteiger partial charge in [0.1, 0.15) is 5.69 Å². The highest BCUT2D eigenvalue weighted by molar-refractivity contribution is 5.94. The molecular formula is C21H16N4O. The molecular weight excluding hydrogens is 324 g/mol. The van der Waals surface area contributed by atoms with Gasteiger partial charge in [-0.3, -0.25) is 14.8 Å². The molecule has 3 aromatic heterocycles. The van der Waals surface area contributed by atoms with Crippen LogP contribution in [0.5, 0.6) is 0 Å². The molecule has 4 rings (SSSR count). The quantitative estimate of drug-likeness (QED) is 0.616. The summed E-state index contributed by atoms with van der Waals surface area (Å²) in [6.45, 7) is 0.406. The first kappa shape index (κ1) is 15.9. The highest BCUT2D eigenvalue weighted by atomic mass is 16.1. The number of rotatable bonds is 4. The van der Waals surface area contributed by atoms with Crippen molar-refractivity contribution in [3.05, 3.63) is 90.5 Å². The summed E-state index contributed by atoms with van der Waals surface area (Å²) in [4.78, 5) is 25.3. The average Bonchev–Trinajstić information content (AvgIpc) is 2.72. The van der Waals surface area contributed by atoms with Crippen LogP contribution in [-0.2, 0) is 6.54 Å². The van der Waals surface area contributed by atoms with Gasteiger partial charge in [0.2, 0.25) is 0 Å². The number of nitrogens with zero attached hydrogens (tertiary/aromatic N) is 3. The highest BCUT2D eigenvalue weighted by Gasteiger charge is 2.08. The molecule has 0 radical (unpaired) electrons. The maximum absolute atomic E-state index is 12.4. The lowest BCUT2D eigenvalue weighted by Crippen LogP contribution is -2.23. The lowest BCUT2D eigenvalue weighted by molar-refractivity contribution is 0.0946. The molecule has 5 nitrogen and oxygen atoms in total. The summed E-state index contributed by atoms with van der Waals surface area (Å²) in [6, 6.07) is 19.0. The molecule has 0 unspecified atom stereocenters. The van der Waals surface area contributed by atoms with Crippen LogP contribution in [-0.4, -0.2) is 20.9 Å². The Hall–Kier alpha value is -3.60. The van der Waals surface area contributed by atoms with E-state index >= 15 is 0 Å². The van der Waals surface area contributed by atoms with Gasteiger partial charge in [0.05, 0.1) is 11.2 Å². The van der Waals surface area contributed by atoms with Crippen molar-refractivity contribution < 1.29 is 4.79 Å². The van der Waals surface area contributed by atoms with Crippen molar-refractivity contribution in [1.29, 1.82) is 0 Å². The van der Waals surface area contributed by atoms with Gasteiger partial charge >= 0.3 is 0 Å². The second-order valence-electron chi connectivity index (χ2n) is 5.86. The molecule has 1 amide bonds. The number of carbonyl (C=O) groups excluding carboxylic acids is 1. The summed E-state index contributed by atoms with van der Waals surface area (Å²) in [7, 11) is 0. The summed E-state index contributed by atoms with van der Waals surface area (Å²) in [5.74, 6) is -0.199. The van der Waals surface area contributed by atoms with Crippen LogP contribution in [0.2, 0.25) is 0 Å². The summed E-state index contributed by atoms with van der Waals surface area (Å²) in [5.41, 5.74) is 3.95. The number of para-hydroxylation sites is 1. The van der Waals surface area contributed by atoms with Crippen molar-refractivity contribution in [2.45, 2.75) is 6.54 Å². The molecule has 0 spiro atoms. The van der Waals surface area contributed by atoms with Gasteiger partial charge in [-0.05, 0) is 42.0 Å². The zero-order chi connectivity index (χ0) is 17.8. The van der Waals surface area contributed by atoms with Crippen molar-refractivity contribution in [1.82, 2.24) is 20.3 Å². The topological polar surface area (TPSA) is 67.8 Å². The number of pyridine rings is 3. The number of benzene rings is 1. The van der Waals surface area contributed by atoms with Crippen LogP contribution in [0.4, 0.5) is 0 Å². The summed E-state index contributed by atoms with van der Waals surface area (Å²) < 4.78 is 0. The molecule has 0 saturated carbocycles. The standard InChI is InChI=1S/C21H16N4O/c26-21(19-8-7-16-4-1-2-6-18(16)25-19)24-13-15-9-11-23-20(12-15)17-5-3-10-22-14-17/h1-12,14H,13H2,(H,24,26). The summed E-state index contributed by atoms with van der Waals surface area (Å²) in [6.07, 6.45) is 5.23. The van der Waals surface area contributed by atoms with Crippen molar-refractivity contribution >= 4 is 16.8 Å². The Morgan fingerprint density at radius 2 is 1.88 bits per heavy atom. The first-order valence-electron chi connectivity index (χ1n) is 8.29. The minimum atomic E-state index is -0.199. The van der Waals surface area contributed by atoms with Crippen molar-refractivity contribution in [3.63, 3.8) is 0 Å². The van der Waals surface area contributed by atoms with Gasteiger partial charge in [0, 0.05) is 36.1 Å². The number of hydrogen-bond acceptors (Lipinski definition) is 4. The Morgan fingerprint density at radius 3 is 2.77 bits per heavy atom. The van der Waals surface area contributed by atoms with Gasteiger partial charge < -0.3 is 5.32 Å². The van der Waals surface area contributed by atoms with Crippen LogP contribution < -0.4 is 5.32 Å². The van der Waals surface area contributed by atoms with Gasteiger partial charge in [-0.25, -0.2) is 4.98 Å². The fourth-order valence-corrected chi connectivity index (χ4v) is 2.72. The molecule has 126 valence electrons. The number of aromatic nitrogens is 3. The van der Waals surface area contributed by atoms with Crippen LogP contribution >= 0.6 is 0 Å². The molecule has 0 atom stereocenters. The largest absolute Gasteiger partial charge is 0.347 e. The van der Waals surface area contributed by atoms with E-state index in [0.29, 0.717) is 12.2 Å². The minimum Gasteiger partial charge on any atom is -0.347 e. The Bertz CT molecular complexity index is 1060. The smallest absolute Gasteiger partial charge is 0.270 e. The van der Waals surface area contributed by atoms with Crippen molar-refractivity contribution in [2.24, 2.45) is 0 Å². The molecule has 4 aromatic rings. The maximum atomic E-state index is 12.4. The second kappa shape index (κ2) is 7.11. The minimum absolute atomic E-state index is 0.199. The van der Waals surface area contributed by atoms with Crippen molar-refractivity contribution in [2.75, 3.05) is 0 Å². The second-order valence-corrected chi connectivity index (χ2v) is 5.86. The monoisotopic (exact) mass is 340 g/mol. The third-order valence-electron chi connectivity index (χ3n) is 4.07. The van der Waals surface area contributed by atoms with E-state index in [-0.39, 0.29) is 5.91 Å². The van der Waals surface area contributed by atoms with E-state index < -0.39 is 0 Å². The van der Waals surface area contributed by atoms with Crippen LogP contribution in [0.15, 0.2) is 79.3 Å². The summed E-state index contributed by atoms with van der Waals surface area (Å²) in [5, 5.41) is 3.93. The zero-order valence-corrected chi connectivity index (χ0v) is 14.0. The maximum Gasteiger partial charge on any atom is 0.270 e. The van der Waals surface area contributed by atoms with Crippen LogP contribution in [0.1, 0.15) is 16.1 Å².